The van der Waals surface area contributed by atoms with Crippen molar-refractivity contribution >= 4 is 29.4 Å². The van der Waals surface area contributed by atoms with E-state index in [1.807, 2.05) is 59.4 Å². The molecule has 0 N–H and O–H groups in total. The summed E-state index contributed by atoms with van der Waals surface area (Å²) in [5, 5.41) is 8.13. The molecule has 1 aromatic carbocycles. The first-order valence-corrected chi connectivity index (χ1v) is 16.7. The van der Waals surface area contributed by atoms with Gasteiger partial charge in [0.2, 0.25) is 0 Å². The number of ether oxygens (including phenoxy) is 3. The zero-order chi connectivity index (χ0) is 34.7. The molecule has 14 heteroatoms. The molecule has 2 amide bonds. The zero-order valence-electron chi connectivity index (χ0n) is 28.5. The summed E-state index contributed by atoms with van der Waals surface area (Å²) >= 11 is 6.45. The van der Waals surface area contributed by atoms with Gasteiger partial charge in [-0.1, -0.05) is 16.7 Å². The molecular weight excluding hydrogens is 641 g/mol. The first kappa shape index (κ1) is 35.1. The minimum Gasteiger partial charge on any atom is -0.490 e. The molecule has 0 radical (unpaired) electrons. The van der Waals surface area contributed by atoms with Crippen LogP contribution in [0.4, 0.5) is 15.0 Å². The van der Waals surface area contributed by atoms with Gasteiger partial charge in [0.1, 0.15) is 29.0 Å². The van der Waals surface area contributed by atoms with Crippen LogP contribution in [0.15, 0.2) is 30.5 Å². The number of hydrogen-bond acceptors (Lipinski definition) is 10. The van der Waals surface area contributed by atoms with Crippen LogP contribution in [-0.2, 0) is 11.2 Å². The molecule has 3 aromatic rings. The maximum Gasteiger partial charge on any atom is 0.410 e. The Morgan fingerprint density at radius 1 is 1.10 bits per heavy atom. The maximum absolute atomic E-state index is 14.2. The van der Waals surface area contributed by atoms with Gasteiger partial charge >= 0.3 is 12.1 Å². The number of carbonyl (C=O) groups excluding carboxylic acids is 2. The van der Waals surface area contributed by atoms with E-state index in [2.05, 4.69) is 20.2 Å². The lowest BCUT2D eigenvalue weighted by Crippen LogP contribution is -2.43. The number of rotatable bonds is 8. The standard InChI is InChI=1S/C34H43ClFN7O5/c1-8-42(20(2)3)31(44)24-19-22(36)9-10-26(24)47-32-38-30(29(35)39-40-32)41-16-12-23(13-17-41)46-27-11-15-37-25-14-18-43(21(4)28(25)27)33(45)48-34(5,6)7/h9-11,15,19-21,23H,8,12-14,16-18H2,1-7H3. The highest BCUT2D eigenvalue weighted by Crippen LogP contribution is 2.38. The maximum atomic E-state index is 14.2. The van der Waals surface area contributed by atoms with Gasteiger partial charge in [-0.05, 0) is 72.7 Å². The highest BCUT2D eigenvalue weighted by Gasteiger charge is 2.35. The largest absolute Gasteiger partial charge is 0.490 e. The summed E-state index contributed by atoms with van der Waals surface area (Å²) in [5.41, 5.74) is 1.28. The molecular formula is C34H43ClFN7O5. The van der Waals surface area contributed by atoms with Crippen molar-refractivity contribution < 1.29 is 28.2 Å². The van der Waals surface area contributed by atoms with Crippen molar-refractivity contribution in [1.29, 1.82) is 0 Å². The minimum absolute atomic E-state index is 0.0606. The van der Waals surface area contributed by atoms with Crippen LogP contribution in [0.2, 0.25) is 5.15 Å². The predicted octanol–water partition coefficient (Wildman–Crippen LogP) is 6.62. The number of halogens is 2. The van der Waals surface area contributed by atoms with Crippen molar-refractivity contribution in [2.24, 2.45) is 0 Å². The van der Waals surface area contributed by atoms with Crippen molar-refractivity contribution in [3.8, 4) is 17.5 Å². The zero-order valence-corrected chi connectivity index (χ0v) is 29.3. The fraction of sp³-hybridized carbons (Fsp3) is 0.529. The number of fused-ring (bicyclic) bond motifs is 1. The quantitative estimate of drug-likeness (QED) is 0.256. The smallest absolute Gasteiger partial charge is 0.410 e. The van der Waals surface area contributed by atoms with E-state index in [1.165, 1.54) is 12.1 Å². The monoisotopic (exact) mass is 683 g/mol. The molecule has 5 rings (SSSR count). The molecule has 2 aromatic heterocycles. The van der Waals surface area contributed by atoms with Crippen LogP contribution in [0.1, 0.15) is 89.0 Å². The fourth-order valence-electron chi connectivity index (χ4n) is 6.05. The van der Waals surface area contributed by atoms with Crippen LogP contribution in [0.5, 0.6) is 17.5 Å². The lowest BCUT2D eigenvalue weighted by molar-refractivity contribution is 0.0153. The number of hydrogen-bond donors (Lipinski definition) is 0. The third-order valence-electron chi connectivity index (χ3n) is 8.38. The van der Waals surface area contributed by atoms with Gasteiger partial charge in [0, 0.05) is 63.2 Å². The highest BCUT2D eigenvalue weighted by atomic mass is 35.5. The topological polar surface area (TPSA) is 123 Å². The third-order valence-corrected chi connectivity index (χ3v) is 8.62. The number of carbonyl (C=O) groups is 2. The van der Waals surface area contributed by atoms with E-state index in [9.17, 15) is 14.0 Å². The molecule has 12 nitrogen and oxygen atoms in total. The van der Waals surface area contributed by atoms with E-state index in [0.29, 0.717) is 57.0 Å². The van der Waals surface area contributed by atoms with E-state index in [4.69, 9.17) is 25.8 Å². The summed E-state index contributed by atoms with van der Waals surface area (Å²) in [7, 11) is 0. The van der Waals surface area contributed by atoms with E-state index >= 15 is 0 Å². The minimum atomic E-state index is -0.596. The average molecular weight is 684 g/mol. The second-order valence-corrected chi connectivity index (χ2v) is 13.6. The summed E-state index contributed by atoms with van der Waals surface area (Å²) in [6, 6.07) is 5.12. The lowest BCUT2D eigenvalue weighted by Gasteiger charge is -2.38. The van der Waals surface area contributed by atoms with Crippen LogP contribution >= 0.6 is 11.6 Å². The Labute approximate surface area is 285 Å². The van der Waals surface area contributed by atoms with Crippen molar-refractivity contribution in [3.63, 3.8) is 0 Å². The molecule has 4 heterocycles. The van der Waals surface area contributed by atoms with Crippen molar-refractivity contribution in [2.75, 3.05) is 31.1 Å². The van der Waals surface area contributed by atoms with Crippen molar-refractivity contribution in [2.45, 2.75) is 91.5 Å². The van der Waals surface area contributed by atoms with Gasteiger partial charge in [0.15, 0.2) is 11.0 Å². The Hall–Kier alpha value is -4.26. The number of amides is 2. The summed E-state index contributed by atoms with van der Waals surface area (Å²) in [5.74, 6) is 0.278. The molecule has 258 valence electrons. The molecule has 1 unspecified atom stereocenters. The third kappa shape index (κ3) is 7.88. The van der Waals surface area contributed by atoms with Gasteiger partial charge in [0.25, 0.3) is 5.91 Å². The molecule has 0 saturated carbocycles. The Balaban J connectivity index is 1.27. The SMILES string of the molecule is CCN(C(=O)c1cc(F)ccc1Oc1nnc(Cl)c(N2CCC(Oc3ccnc4c3C(C)N(C(=O)OC(C)(C)C)CC4)CC2)n1)C(C)C. The van der Waals surface area contributed by atoms with Gasteiger partial charge in [-0.3, -0.25) is 9.78 Å². The first-order valence-electron chi connectivity index (χ1n) is 16.3. The molecule has 1 saturated heterocycles. The van der Waals surface area contributed by atoms with E-state index in [1.54, 1.807) is 16.0 Å². The van der Waals surface area contributed by atoms with E-state index in [0.717, 1.165) is 17.3 Å². The van der Waals surface area contributed by atoms with Crippen LogP contribution in [-0.4, -0.2) is 85.9 Å². The fourth-order valence-corrected chi connectivity index (χ4v) is 6.25. The van der Waals surface area contributed by atoms with Crippen LogP contribution in [0.25, 0.3) is 0 Å². The normalized spacial score (nSPS) is 16.8. The van der Waals surface area contributed by atoms with E-state index < -0.39 is 11.4 Å². The molecule has 0 spiro atoms. The number of pyridine rings is 1. The molecule has 1 fully saturated rings. The molecule has 0 bridgehead atoms. The predicted molar refractivity (Wildman–Crippen MR) is 178 cm³/mol. The average Bonchev–Trinajstić information content (AvgIpc) is 3.02. The molecule has 2 aliphatic heterocycles. The first-order chi connectivity index (χ1) is 22.8. The van der Waals surface area contributed by atoms with Crippen LogP contribution in [0, 0.1) is 5.82 Å². The Morgan fingerprint density at radius 2 is 1.83 bits per heavy atom. The number of anilines is 1. The van der Waals surface area contributed by atoms with Gasteiger partial charge < -0.3 is 28.9 Å². The number of piperidine rings is 1. The van der Waals surface area contributed by atoms with Gasteiger partial charge in [-0.25, -0.2) is 9.18 Å². The van der Waals surface area contributed by atoms with Crippen LogP contribution in [0.3, 0.4) is 0 Å². The number of benzene rings is 1. The summed E-state index contributed by atoms with van der Waals surface area (Å²) < 4.78 is 32.3. The molecule has 48 heavy (non-hydrogen) atoms. The lowest BCUT2D eigenvalue weighted by atomic mass is 9.97. The summed E-state index contributed by atoms with van der Waals surface area (Å²) in [6.07, 6.45) is 3.22. The van der Waals surface area contributed by atoms with Gasteiger partial charge in [0.05, 0.1) is 17.3 Å². The van der Waals surface area contributed by atoms with Gasteiger partial charge in [-0.15, -0.1) is 5.10 Å². The second kappa shape index (κ2) is 14.5. The molecule has 2 aliphatic rings. The number of aromatic nitrogens is 4. The Morgan fingerprint density at radius 3 is 2.50 bits per heavy atom. The Bertz CT molecular complexity index is 1640. The molecule has 0 aliphatic carbocycles. The van der Waals surface area contributed by atoms with Crippen LogP contribution < -0.4 is 14.4 Å². The summed E-state index contributed by atoms with van der Waals surface area (Å²) in [4.78, 5) is 40.6. The van der Waals surface area contributed by atoms with Crippen molar-refractivity contribution in [1.82, 2.24) is 30.0 Å². The van der Waals surface area contributed by atoms with Gasteiger partial charge in [-0.2, -0.15) is 4.98 Å². The second-order valence-electron chi connectivity index (χ2n) is 13.2. The highest BCUT2D eigenvalue weighted by molar-refractivity contribution is 6.31. The number of nitrogens with zero attached hydrogens (tertiary/aromatic N) is 7. The summed E-state index contributed by atoms with van der Waals surface area (Å²) in [6.45, 7) is 15.3. The van der Waals surface area contributed by atoms with E-state index in [-0.39, 0.29) is 52.7 Å². The Kier molecular flexibility index (Phi) is 10.6. The van der Waals surface area contributed by atoms with Crippen molar-refractivity contribution in [3.05, 3.63) is 58.3 Å². The molecule has 1 atom stereocenters.